The molecule has 6 nitrogen and oxygen atoms in total. The van der Waals surface area contributed by atoms with E-state index in [-0.39, 0.29) is 17.3 Å². The molecule has 37 heavy (non-hydrogen) atoms. The first-order valence-corrected chi connectivity index (χ1v) is 13.2. The van der Waals surface area contributed by atoms with Crippen LogP contribution in [-0.2, 0) is 16.2 Å². The summed E-state index contributed by atoms with van der Waals surface area (Å²) in [6.45, 7) is 2.37. The van der Waals surface area contributed by atoms with Gasteiger partial charge >= 0.3 is 0 Å². The van der Waals surface area contributed by atoms with Crippen molar-refractivity contribution in [2.24, 2.45) is 0 Å². The average molecular weight is 641 g/mol. The van der Waals surface area contributed by atoms with Crippen molar-refractivity contribution in [3.63, 3.8) is 0 Å². The van der Waals surface area contributed by atoms with Crippen LogP contribution in [0.5, 0.6) is 11.5 Å². The maximum Gasteiger partial charge on any atom is 0.270 e. The van der Waals surface area contributed by atoms with E-state index < -0.39 is 11.8 Å². The smallest absolute Gasteiger partial charge is 0.270 e. The molecule has 1 heterocycles. The van der Waals surface area contributed by atoms with Gasteiger partial charge in [0.25, 0.3) is 11.8 Å². The van der Waals surface area contributed by atoms with Crippen LogP contribution in [0.1, 0.15) is 18.1 Å². The van der Waals surface area contributed by atoms with Crippen LogP contribution in [0.25, 0.3) is 6.08 Å². The molecule has 1 aliphatic rings. The number of rotatable bonds is 7. The highest BCUT2D eigenvalue weighted by Gasteiger charge is 2.34. The molecule has 0 radical (unpaired) electrons. The lowest BCUT2D eigenvalue weighted by Crippen LogP contribution is -2.54. The third-order valence-electron chi connectivity index (χ3n) is 5.22. The molecule has 0 atom stereocenters. The van der Waals surface area contributed by atoms with Crippen LogP contribution in [-0.4, -0.2) is 23.5 Å². The van der Waals surface area contributed by atoms with Crippen molar-refractivity contribution in [1.29, 1.82) is 0 Å². The summed E-state index contributed by atoms with van der Waals surface area (Å²) in [5, 5.41) is 4.06. The van der Waals surface area contributed by atoms with E-state index in [0.29, 0.717) is 48.9 Å². The van der Waals surface area contributed by atoms with E-state index in [1.165, 1.54) is 11.0 Å². The van der Waals surface area contributed by atoms with Crippen molar-refractivity contribution >= 4 is 91.6 Å². The minimum Gasteiger partial charge on any atom is -0.490 e. The van der Waals surface area contributed by atoms with E-state index in [1.807, 2.05) is 6.92 Å². The fourth-order valence-electron chi connectivity index (χ4n) is 3.51. The number of carbonyl (C=O) groups is 2. The van der Waals surface area contributed by atoms with Crippen molar-refractivity contribution in [2.45, 2.75) is 13.5 Å². The zero-order valence-corrected chi connectivity index (χ0v) is 23.9. The molecule has 0 unspecified atom stereocenters. The number of ether oxygens (including phenoxy) is 2. The average Bonchev–Trinajstić information content (AvgIpc) is 2.83. The molecule has 0 spiro atoms. The van der Waals surface area contributed by atoms with Gasteiger partial charge in [0.15, 0.2) is 16.6 Å². The molecule has 190 valence electrons. The van der Waals surface area contributed by atoms with Crippen molar-refractivity contribution in [1.82, 2.24) is 5.32 Å². The fourth-order valence-corrected chi connectivity index (χ4v) is 4.96. The summed E-state index contributed by atoms with van der Waals surface area (Å²) >= 11 is 27.0. The number of thiocarbonyl (C=S) groups is 1. The van der Waals surface area contributed by atoms with Crippen LogP contribution in [0.15, 0.2) is 64.6 Å². The normalized spacial score (nSPS) is 14.7. The zero-order chi connectivity index (χ0) is 26.7. The van der Waals surface area contributed by atoms with E-state index in [2.05, 4.69) is 21.2 Å². The van der Waals surface area contributed by atoms with Crippen molar-refractivity contribution < 1.29 is 19.1 Å². The topological polar surface area (TPSA) is 67.9 Å². The van der Waals surface area contributed by atoms with E-state index in [1.54, 1.807) is 54.6 Å². The number of anilines is 1. The molecule has 1 N–H and O–H groups in total. The first-order valence-electron chi connectivity index (χ1n) is 10.9. The molecule has 3 aromatic rings. The van der Waals surface area contributed by atoms with Crippen LogP contribution >= 0.6 is 63.0 Å². The second-order valence-electron chi connectivity index (χ2n) is 7.72. The van der Waals surface area contributed by atoms with Gasteiger partial charge in [-0.15, -0.1) is 0 Å². The van der Waals surface area contributed by atoms with Crippen LogP contribution in [0, 0.1) is 0 Å². The van der Waals surface area contributed by atoms with Gasteiger partial charge in [-0.25, -0.2) is 0 Å². The van der Waals surface area contributed by atoms with Gasteiger partial charge in [0.05, 0.1) is 16.8 Å². The molecule has 0 saturated carbocycles. The minimum atomic E-state index is -0.605. The van der Waals surface area contributed by atoms with Gasteiger partial charge in [-0.3, -0.25) is 19.8 Å². The Balaban J connectivity index is 1.66. The number of hydrogen-bond donors (Lipinski definition) is 1. The molecule has 0 bridgehead atoms. The molecule has 1 fully saturated rings. The predicted octanol–water partition coefficient (Wildman–Crippen LogP) is 7.22. The summed E-state index contributed by atoms with van der Waals surface area (Å²) in [6, 6.07) is 15.1. The summed E-state index contributed by atoms with van der Waals surface area (Å²) in [6.07, 6.45) is 1.47. The summed E-state index contributed by atoms with van der Waals surface area (Å²) in [5.41, 5.74) is 1.66. The molecule has 0 aromatic heterocycles. The van der Waals surface area contributed by atoms with Gasteiger partial charge in [-0.1, -0.05) is 40.9 Å². The zero-order valence-electron chi connectivity index (χ0n) is 19.2. The highest BCUT2D eigenvalue weighted by molar-refractivity contribution is 9.10. The molecule has 1 aliphatic heterocycles. The Morgan fingerprint density at radius 2 is 1.70 bits per heavy atom. The number of halogens is 4. The van der Waals surface area contributed by atoms with E-state index in [0.717, 1.165) is 5.56 Å². The molecule has 1 saturated heterocycles. The van der Waals surface area contributed by atoms with Gasteiger partial charge in [0.1, 0.15) is 12.2 Å². The number of nitrogens with one attached hydrogen (secondary N) is 1. The second-order valence-corrected chi connectivity index (χ2v) is 10.2. The van der Waals surface area contributed by atoms with Crippen molar-refractivity contribution in [3.05, 3.63) is 90.8 Å². The highest BCUT2D eigenvalue weighted by atomic mass is 79.9. The monoisotopic (exact) mass is 638 g/mol. The van der Waals surface area contributed by atoms with Crippen LogP contribution in [0.3, 0.4) is 0 Å². The molecule has 0 aliphatic carbocycles. The maximum atomic E-state index is 13.3. The number of hydrogen-bond acceptors (Lipinski definition) is 5. The molecule has 3 aromatic carbocycles. The minimum absolute atomic E-state index is 0.0183. The lowest BCUT2D eigenvalue weighted by atomic mass is 10.1. The first kappa shape index (κ1) is 27.4. The summed E-state index contributed by atoms with van der Waals surface area (Å²) < 4.78 is 12.4. The Hall–Kier alpha value is -2.62. The third kappa shape index (κ3) is 6.27. The molecule has 4 rings (SSSR count). The van der Waals surface area contributed by atoms with Gasteiger partial charge < -0.3 is 9.47 Å². The summed E-state index contributed by atoms with van der Waals surface area (Å²) in [4.78, 5) is 27.2. The Labute approximate surface area is 242 Å². The Morgan fingerprint density at radius 1 is 1.00 bits per heavy atom. The van der Waals surface area contributed by atoms with Crippen LogP contribution < -0.4 is 19.7 Å². The number of carbonyl (C=O) groups excluding carboxylic acids is 2. The SMILES string of the molecule is CCOc1cc(/C=C2\C(=O)NC(=S)N(c3ccc(Cl)cc3)C2=O)cc(Br)c1OCc1ccc(Cl)cc1Cl. The lowest BCUT2D eigenvalue weighted by molar-refractivity contribution is -0.122. The number of amides is 2. The Bertz CT molecular complexity index is 1430. The quantitative estimate of drug-likeness (QED) is 0.168. The second kappa shape index (κ2) is 11.8. The highest BCUT2D eigenvalue weighted by Crippen LogP contribution is 2.39. The molecular formula is C26H18BrCl3N2O4S. The molecule has 11 heteroatoms. The Morgan fingerprint density at radius 3 is 2.38 bits per heavy atom. The standard InChI is InChI=1S/C26H18BrCl3N2O4S/c1-2-35-22-11-14(10-20(27)23(22)36-13-15-3-4-17(29)12-21(15)30)9-19-24(33)31-26(37)32(25(19)34)18-7-5-16(28)6-8-18/h3-12H,2,13H2,1H3,(H,31,33,37)/b19-9+. The van der Waals surface area contributed by atoms with Crippen molar-refractivity contribution in [3.8, 4) is 11.5 Å². The predicted molar refractivity (Wildman–Crippen MR) is 154 cm³/mol. The first-order chi connectivity index (χ1) is 17.7. The van der Waals surface area contributed by atoms with Crippen LogP contribution in [0.4, 0.5) is 5.69 Å². The van der Waals surface area contributed by atoms with Gasteiger partial charge in [-0.05, 0) is 95.2 Å². The largest absolute Gasteiger partial charge is 0.490 e. The number of benzene rings is 3. The molecular weight excluding hydrogens is 623 g/mol. The van der Waals surface area contributed by atoms with E-state index in [9.17, 15) is 9.59 Å². The number of nitrogens with zero attached hydrogens (tertiary/aromatic N) is 1. The maximum absolute atomic E-state index is 13.3. The van der Waals surface area contributed by atoms with E-state index in [4.69, 9.17) is 56.5 Å². The third-order valence-corrected chi connectivity index (χ3v) is 6.93. The lowest BCUT2D eigenvalue weighted by Gasteiger charge is -2.29. The van der Waals surface area contributed by atoms with Crippen molar-refractivity contribution in [2.75, 3.05) is 11.5 Å². The van der Waals surface area contributed by atoms with Gasteiger partial charge in [0, 0.05) is 20.6 Å². The van der Waals surface area contributed by atoms with Gasteiger partial charge in [-0.2, -0.15) is 0 Å². The summed E-state index contributed by atoms with van der Waals surface area (Å²) in [5.74, 6) is -0.309. The molecule has 2 amide bonds. The fraction of sp³-hybridized carbons (Fsp3) is 0.115. The van der Waals surface area contributed by atoms with Gasteiger partial charge in [0.2, 0.25) is 0 Å². The van der Waals surface area contributed by atoms with E-state index >= 15 is 0 Å². The Kier molecular flexibility index (Phi) is 8.77. The summed E-state index contributed by atoms with van der Waals surface area (Å²) in [7, 11) is 0. The van der Waals surface area contributed by atoms with Crippen LogP contribution in [0.2, 0.25) is 15.1 Å².